The zero-order valence-corrected chi connectivity index (χ0v) is 16.6. The Bertz CT molecular complexity index is 875. The van der Waals surface area contributed by atoms with Crippen LogP contribution < -0.4 is 4.90 Å². The van der Waals surface area contributed by atoms with Gasteiger partial charge in [0.2, 0.25) is 0 Å². The number of rotatable bonds is 1. The van der Waals surface area contributed by atoms with E-state index in [1.54, 1.807) is 0 Å². The van der Waals surface area contributed by atoms with Crippen molar-refractivity contribution in [3.8, 4) is 0 Å². The third-order valence-electron chi connectivity index (χ3n) is 6.14. The first kappa shape index (κ1) is 18.6. The van der Waals surface area contributed by atoms with E-state index in [1.165, 1.54) is 11.1 Å². The van der Waals surface area contributed by atoms with Gasteiger partial charge in [0.25, 0.3) is 0 Å². The van der Waals surface area contributed by atoms with E-state index in [4.69, 9.17) is 9.47 Å². The van der Waals surface area contributed by atoms with Crippen LogP contribution in [0, 0.1) is 0 Å². The average Bonchev–Trinajstić information content (AvgIpc) is 2.94. The molecule has 0 N–H and O–H groups in total. The molecule has 0 aromatic heterocycles. The fourth-order valence-corrected chi connectivity index (χ4v) is 4.64. The van der Waals surface area contributed by atoms with Crippen LogP contribution in [-0.4, -0.2) is 68.4 Å². The highest BCUT2D eigenvalue weighted by Gasteiger charge is 2.35. The molecule has 2 saturated heterocycles. The summed E-state index contributed by atoms with van der Waals surface area (Å²) < 4.78 is 11.1. The number of nitrogens with zero attached hydrogens (tertiary/aromatic N) is 3. The van der Waals surface area contributed by atoms with Crippen LogP contribution in [-0.2, 0) is 15.9 Å². The summed E-state index contributed by atoms with van der Waals surface area (Å²) in [5.41, 5.74) is 4.41. The molecular weight excluding hydrogens is 366 g/mol. The molecule has 0 radical (unpaired) electrons. The van der Waals surface area contributed by atoms with Crippen LogP contribution in [0.1, 0.15) is 17.2 Å². The largest absolute Gasteiger partial charge is 0.379 e. The highest BCUT2D eigenvalue weighted by Crippen LogP contribution is 2.43. The molecule has 2 aromatic rings. The molecule has 0 saturated carbocycles. The maximum Gasteiger partial charge on any atom is 0.329 e. The normalized spacial score (nSPS) is 22.6. The van der Waals surface area contributed by atoms with Gasteiger partial charge in [-0.05, 0) is 29.7 Å². The average molecular weight is 393 g/mol. The number of hydrogen-bond donors (Lipinski definition) is 0. The summed E-state index contributed by atoms with van der Waals surface area (Å²) >= 11 is 0. The Morgan fingerprint density at radius 3 is 2.17 bits per heavy atom. The van der Waals surface area contributed by atoms with Crippen LogP contribution in [0.3, 0.4) is 0 Å². The minimum Gasteiger partial charge on any atom is -0.379 e. The lowest BCUT2D eigenvalue weighted by Crippen LogP contribution is -2.47. The molecule has 2 amide bonds. The second-order valence-corrected chi connectivity index (χ2v) is 7.77. The highest BCUT2D eigenvalue weighted by atomic mass is 16.5. The van der Waals surface area contributed by atoms with Gasteiger partial charge in [-0.1, -0.05) is 36.4 Å². The predicted molar refractivity (Wildman–Crippen MR) is 112 cm³/mol. The molecule has 5 rings (SSSR count). The Morgan fingerprint density at radius 1 is 0.793 bits per heavy atom. The van der Waals surface area contributed by atoms with Crippen molar-refractivity contribution in [1.29, 1.82) is 0 Å². The smallest absolute Gasteiger partial charge is 0.329 e. The number of fused-ring (bicyclic) bond motifs is 2. The van der Waals surface area contributed by atoms with Gasteiger partial charge in [0.05, 0.1) is 37.8 Å². The number of anilines is 2. The van der Waals surface area contributed by atoms with Gasteiger partial charge in [-0.15, -0.1) is 0 Å². The molecule has 1 atom stereocenters. The van der Waals surface area contributed by atoms with Gasteiger partial charge < -0.3 is 14.4 Å². The van der Waals surface area contributed by atoms with Crippen LogP contribution >= 0.6 is 0 Å². The quantitative estimate of drug-likeness (QED) is 0.746. The molecule has 3 heterocycles. The Labute approximate surface area is 171 Å². The summed E-state index contributed by atoms with van der Waals surface area (Å²) in [5, 5.41) is 0. The molecule has 2 aromatic carbocycles. The zero-order valence-electron chi connectivity index (χ0n) is 16.6. The Morgan fingerprint density at radius 2 is 1.41 bits per heavy atom. The second-order valence-electron chi connectivity index (χ2n) is 7.77. The van der Waals surface area contributed by atoms with E-state index in [9.17, 15) is 4.79 Å². The van der Waals surface area contributed by atoms with E-state index in [0.29, 0.717) is 26.3 Å². The number of benzene rings is 2. The molecule has 0 aliphatic carbocycles. The van der Waals surface area contributed by atoms with Crippen molar-refractivity contribution in [3.05, 3.63) is 59.7 Å². The first-order chi connectivity index (χ1) is 14.3. The minimum absolute atomic E-state index is 0.0378. The summed E-state index contributed by atoms with van der Waals surface area (Å²) in [4.78, 5) is 20.0. The van der Waals surface area contributed by atoms with E-state index < -0.39 is 0 Å². The van der Waals surface area contributed by atoms with Crippen molar-refractivity contribution >= 4 is 17.4 Å². The lowest BCUT2D eigenvalue weighted by Gasteiger charge is -2.36. The fraction of sp³-hybridized carbons (Fsp3) is 0.435. The number of carbonyl (C=O) groups excluding carboxylic acids is 1. The summed E-state index contributed by atoms with van der Waals surface area (Å²) in [6.45, 7) is 5.81. The zero-order chi connectivity index (χ0) is 19.6. The molecule has 6 heteroatoms. The predicted octanol–water partition coefficient (Wildman–Crippen LogP) is 3.21. The molecular formula is C23H27N3O3. The van der Waals surface area contributed by atoms with Crippen LogP contribution in [0.4, 0.5) is 16.2 Å². The minimum atomic E-state index is 0.0378. The van der Waals surface area contributed by atoms with Crippen molar-refractivity contribution in [2.45, 2.75) is 12.5 Å². The van der Waals surface area contributed by atoms with Crippen LogP contribution in [0.2, 0.25) is 0 Å². The molecule has 152 valence electrons. The van der Waals surface area contributed by atoms with E-state index >= 15 is 0 Å². The van der Waals surface area contributed by atoms with Crippen molar-refractivity contribution in [1.82, 2.24) is 9.80 Å². The number of para-hydroxylation sites is 2. The van der Waals surface area contributed by atoms with E-state index in [2.05, 4.69) is 41.3 Å². The molecule has 6 nitrogen and oxygen atoms in total. The first-order valence-electron chi connectivity index (χ1n) is 10.5. The monoisotopic (exact) mass is 393 g/mol. The first-order valence-corrected chi connectivity index (χ1v) is 10.5. The van der Waals surface area contributed by atoms with Gasteiger partial charge in [-0.2, -0.15) is 0 Å². The van der Waals surface area contributed by atoms with E-state index in [1.807, 2.05) is 21.9 Å². The van der Waals surface area contributed by atoms with Crippen molar-refractivity contribution in [2.24, 2.45) is 0 Å². The van der Waals surface area contributed by atoms with Crippen molar-refractivity contribution in [2.75, 3.05) is 57.5 Å². The van der Waals surface area contributed by atoms with Crippen LogP contribution in [0.5, 0.6) is 0 Å². The third-order valence-corrected chi connectivity index (χ3v) is 6.14. The lowest BCUT2D eigenvalue weighted by molar-refractivity contribution is 0.0163. The number of urea groups is 1. The van der Waals surface area contributed by atoms with E-state index in [-0.39, 0.29) is 12.1 Å². The van der Waals surface area contributed by atoms with Gasteiger partial charge in [0, 0.05) is 32.2 Å². The molecule has 0 unspecified atom stereocenters. The SMILES string of the molecule is O=C(N1CCOCC1)N1c2ccccc2C[C@@H](N2CCOCC2)c2ccccc21. The van der Waals surface area contributed by atoms with Gasteiger partial charge in [-0.3, -0.25) is 9.80 Å². The number of carbonyl (C=O) groups is 1. The topological polar surface area (TPSA) is 45.2 Å². The lowest BCUT2D eigenvalue weighted by atomic mass is 9.97. The van der Waals surface area contributed by atoms with Gasteiger partial charge in [0.1, 0.15) is 0 Å². The number of amides is 2. The standard InChI is InChI=1S/C23H27N3O3/c27-23(25-11-15-29-16-12-25)26-20-7-3-1-5-18(20)17-22(24-9-13-28-14-10-24)19-6-2-4-8-21(19)26/h1-8,22H,9-17H2/t22-/m1/s1. The summed E-state index contributed by atoms with van der Waals surface area (Å²) in [7, 11) is 0. The summed E-state index contributed by atoms with van der Waals surface area (Å²) in [5.74, 6) is 0. The highest BCUT2D eigenvalue weighted by molar-refractivity contribution is 6.01. The summed E-state index contributed by atoms with van der Waals surface area (Å²) in [6.07, 6.45) is 0.889. The van der Waals surface area contributed by atoms with Crippen molar-refractivity contribution in [3.63, 3.8) is 0 Å². The Hall–Kier alpha value is -2.41. The molecule has 3 aliphatic rings. The molecule has 2 fully saturated rings. The summed E-state index contributed by atoms with van der Waals surface area (Å²) in [6, 6.07) is 17.0. The number of morpholine rings is 2. The maximum absolute atomic E-state index is 13.7. The maximum atomic E-state index is 13.7. The molecule has 0 spiro atoms. The van der Waals surface area contributed by atoms with Crippen LogP contribution in [0.15, 0.2) is 48.5 Å². The molecule has 0 bridgehead atoms. The van der Waals surface area contributed by atoms with Gasteiger partial charge >= 0.3 is 6.03 Å². The Balaban J connectivity index is 1.61. The Kier molecular flexibility index (Phi) is 5.23. The molecule has 3 aliphatic heterocycles. The van der Waals surface area contributed by atoms with Crippen molar-refractivity contribution < 1.29 is 14.3 Å². The van der Waals surface area contributed by atoms with Crippen LogP contribution in [0.25, 0.3) is 0 Å². The number of hydrogen-bond acceptors (Lipinski definition) is 4. The third kappa shape index (κ3) is 3.52. The number of ether oxygens (including phenoxy) is 2. The molecule has 29 heavy (non-hydrogen) atoms. The fourth-order valence-electron chi connectivity index (χ4n) is 4.64. The van der Waals surface area contributed by atoms with Gasteiger partial charge in [0.15, 0.2) is 0 Å². The van der Waals surface area contributed by atoms with E-state index in [0.717, 1.165) is 44.1 Å². The van der Waals surface area contributed by atoms with Gasteiger partial charge in [-0.25, -0.2) is 4.79 Å². The second kappa shape index (κ2) is 8.14.